The Morgan fingerprint density at radius 3 is 2.15 bits per heavy atom. The Hall–Kier alpha value is -0.890. The van der Waals surface area contributed by atoms with Crippen LogP contribution in [0, 0.1) is 0 Å². The van der Waals surface area contributed by atoms with E-state index in [4.69, 9.17) is 36.1 Å². The maximum atomic E-state index is 10.9. The van der Waals surface area contributed by atoms with Crippen molar-refractivity contribution in [3.05, 3.63) is 0 Å². The van der Waals surface area contributed by atoms with Gasteiger partial charge < -0.3 is 76.7 Å². The minimum Gasteiger partial charge on any atom is -0.394 e. The summed E-state index contributed by atoms with van der Waals surface area (Å²) in [4.78, 5) is 10.9. The predicted molar refractivity (Wildman–Crippen MR) is 107 cm³/mol. The molecule has 13 atom stereocenters. The number of aliphatic hydroxyl groups is 7. The van der Waals surface area contributed by atoms with Gasteiger partial charge in [0, 0.05) is 0 Å². The van der Waals surface area contributed by atoms with Crippen LogP contribution in [0.15, 0.2) is 0 Å². The fraction of sp³-hybridized carbons (Fsp3) is 0.944. The van der Waals surface area contributed by atoms with Crippen LogP contribution in [0.3, 0.4) is 0 Å². The molecule has 2 rings (SSSR count). The molecule has 194 valence electrons. The molecule has 13 N–H and O–H groups in total. The second-order valence-corrected chi connectivity index (χ2v) is 8.14. The summed E-state index contributed by atoms with van der Waals surface area (Å²) >= 11 is 0. The molecule has 15 nitrogen and oxygen atoms in total. The summed E-state index contributed by atoms with van der Waals surface area (Å²) in [5.74, 6) is 0. The molecule has 33 heavy (non-hydrogen) atoms. The topological polar surface area (TPSA) is 274 Å². The van der Waals surface area contributed by atoms with E-state index in [1.54, 1.807) is 0 Å². The van der Waals surface area contributed by atoms with Crippen molar-refractivity contribution in [2.75, 3.05) is 19.8 Å². The smallest absolute Gasteiger partial charge is 0.176 e. The molecule has 0 spiro atoms. The average molecular weight is 485 g/mol. The van der Waals surface area contributed by atoms with Crippen molar-refractivity contribution in [3.8, 4) is 0 Å². The van der Waals surface area contributed by atoms with Gasteiger partial charge in [-0.1, -0.05) is 0 Å². The van der Waals surface area contributed by atoms with Gasteiger partial charge in [0.25, 0.3) is 0 Å². The molecule has 2 aliphatic rings. The van der Waals surface area contributed by atoms with Gasteiger partial charge in [-0.05, 0) is 6.42 Å². The van der Waals surface area contributed by atoms with E-state index >= 15 is 0 Å². The van der Waals surface area contributed by atoms with E-state index in [0.717, 1.165) is 0 Å². The predicted octanol–water partition coefficient (Wildman–Crippen LogP) is -6.80. The van der Waals surface area contributed by atoms with E-state index in [-0.39, 0.29) is 12.7 Å². The van der Waals surface area contributed by atoms with Gasteiger partial charge in [-0.25, -0.2) is 0 Å². The zero-order valence-electron chi connectivity index (χ0n) is 17.8. The zero-order chi connectivity index (χ0) is 24.9. The fourth-order valence-corrected chi connectivity index (χ4v) is 3.68. The second-order valence-electron chi connectivity index (χ2n) is 8.14. The molecule has 15 heteroatoms. The van der Waals surface area contributed by atoms with Crippen LogP contribution in [0.25, 0.3) is 0 Å². The number of aldehydes is 1. The largest absolute Gasteiger partial charge is 0.394 e. The van der Waals surface area contributed by atoms with Crippen molar-refractivity contribution in [1.29, 1.82) is 0 Å². The molecule has 8 unspecified atom stereocenters. The van der Waals surface area contributed by atoms with Crippen molar-refractivity contribution in [2.45, 2.75) is 86.0 Å². The maximum Gasteiger partial charge on any atom is 0.176 e. The first-order chi connectivity index (χ1) is 15.6. The molecule has 2 aliphatic heterocycles. The first-order valence-corrected chi connectivity index (χ1v) is 10.5. The molecule has 0 radical (unpaired) electrons. The Kier molecular flexibility index (Phi) is 10.9. The lowest BCUT2D eigenvalue weighted by atomic mass is 9.96. The lowest BCUT2D eigenvalue weighted by Gasteiger charge is -2.45. The van der Waals surface area contributed by atoms with Crippen LogP contribution in [0.4, 0.5) is 0 Å². The van der Waals surface area contributed by atoms with Crippen molar-refractivity contribution in [1.82, 2.24) is 0 Å². The highest BCUT2D eigenvalue weighted by atomic mass is 16.7. The zero-order valence-corrected chi connectivity index (χ0v) is 17.8. The first kappa shape index (κ1) is 28.3. The van der Waals surface area contributed by atoms with Gasteiger partial charge in [0.1, 0.15) is 49.0 Å². The SMILES string of the molecule is NC(C=O)C(O)C(O[C@@H]1O[C@H](CO)[C@@H](OC2O[C@H](CO)C(O)C(O)C2N)C[C@H]1N)C(O)CO. The average Bonchev–Trinajstić information content (AvgIpc) is 2.82. The van der Waals surface area contributed by atoms with Crippen molar-refractivity contribution < 1.29 is 59.5 Å². The Balaban J connectivity index is 2.09. The lowest BCUT2D eigenvalue weighted by molar-refractivity contribution is -0.320. The Labute approximate surface area is 189 Å². The van der Waals surface area contributed by atoms with Gasteiger partial charge >= 0.3 is 0 Å². The molecular formula is C18H35N3O12. The highest BCUT2D eigenvalue weighted by Gasteiger charge is 2.47. The molecule has 0 saturated carbocycles. The normalized spacial score (nSPS) is 41.2. The van der Waals surface area contributed by atoms with E-state index in [0.29, 0.717) is 0 Å². The minimum atomic E-state index is -1.70. The number of hydrogen-bond donors (Lipinski definition) is 10. The van der Waals surface area contributed by atoms with Crippen LogP contribution >= 0.6 is 0 Å². The van der Waals surface area contributed by atoms with E-state index in [9.17, 15) is 40.5 Å². The third-order valence-corrected chi connectivity index (χ3v) is 5.74. The van der Waals surface area contributed by atoms with Crippen LogP contribution in [0.5, 0.6) is 0 Å². The quantitative estimate of drug-likeness (QED) is 0.122. The van der Waals surface area contributed by atoms with E-state index in [1.165, 1.54) is 0 Å². The van der Waals surface area contributed by atoms with Crippen molar-refractivity contribution in [2.24, 2.45) is 17.2 Å². The maximum absolute atomic E-state index is 10.9. The van der Waals surface area contributed by atoms with Crippen LogP contribution in [0.1, 0.15) is 6.42 Å². The molecule has 2 saturated heterocycles. The molecule has 0 aromatic carbocycles. The third-order valence-electron chi connectivity index (χ3n) is 5.74. The van der Waals surface area contributed by atoms with Crippen LogP contribution in [0.2, 0.25) is 0 Å². The molecule has 0 amide bonds. The van der Waals surface area contributed by atoms with E-state index in [2.05, 4.69) is 0 Å². The van der Waals surface area contributed by atoms with Crippen molar-refractivity contribution in [3.63, 3.8) is 0 Å². The monoisotopic (exact) mass is 485 g/mol. The lowest BCUT2D eigenvalue weighted by Crippen LogP contribution is -2.64. The van der Waals surface area contributed by atoms with Gasteiger partial charge in [0.15, 0.2) is 12.6 Å². The number of carbonyl (C=O) groups excluding carboxylic acids is 1. The summed E-state index contributed by atoms with van der Waals surface area (Å²) in [5, 5.41) is 68.5. The Bertz CT molecular complexity index is 604. The van der Waals surface area contributed by atoms with Crippen LogP contribution < -0.4 is 17.2 Å². The number of ether oxygens (including phenoxy) is 4. The fourth-order valence-electron chi connectivity index (χ4n) is 3.68. The molecule has 0 aliphatic carbocycles. The van der Waals surface area contributed by atoms with Gasteiger partial charge in [0.2, 0.25) is 0 Å². The summed E-state index contributed by atoms with van der Waals surface area (Å²) in [6.45, 7) is -2.01. The minimum absolute atomic E-state index is 0.0112. The number of rotatable bonds is 11. The van der Waals surface area contributed by atoms with Gasteiger partial charge in [-0.15, -0.1) is 0 Å². The summed E-state index contributed by atoms with van der Waals surface area (Å²) in [7, 11) is 0. The Morgan fingerprint density at radius 2 is 1.61 bits per heavy atom. The van der Waals surface area contributed by atoms with Gasteiger partial charge in [-0.2, -0.15) is 0 Å². The summed E-state index contributed by atoms with van der Waals surface area (Å²) in [6, 6.07) is -3.56. The van der Waals surface area contributed by atoms with E-state index in [1.807, 2.05) is 0 Å². The Morgan fingerprint density at radius 1 is 1.00 bits per heavy atom. The molecule has 2 fully saturated rings. The number of hydrogen-bond acceptors (Lipinski definition) is 15. The third kappa shape index (κ3) is 6.62. The van der Waals surface area contributed by atoms with Crippen LogP contribution in [-0.4, -0.2) is 141 Å². The highest BCUT2D eigenvalue weighted by molar-refractivity contribution is 5.58. The molecule has 0 bridgehead atoms. The van der Waals surface area contributed by atoms with E-state index < -0.39 is 99.4 Å². The van der Waals surface area contributed by atoms with Gasteiger partial charge in [-0.3, -0.25) is 0 Å². The summed E-state index contributed by atoms with van der Waals surface area (Å²) in [5.41, 5.74) is 17.4. The molecule has 0 aromatic rings. The summed E-state index contributed by atoms with van der Waals surface area (Å²) in [6.07, 6.45) is -13.2. The molecular weight excluding hydrogens is 450 g/mol. The number of aliphatic hydroxyl groups excluding tert-OH is 7. The molecule has 2 heterocycles. The molecule has 0 aromatic heterocycles. The number of carbonyl (C=O) groups is 1. The number of nitrogens with two attached hydrogens (primary N) is 3. The highest BCUT2D eigenvalue weighted by Crippen LogP contribution is 2.29. The standard InChI is InChI=1S/C18H35N3O12/c19-6-1-9(30-18-12(21)15(29)14(28)11(5-25)32-18)10(4-24)31-17(6)33-16(8(26)3-23)13(27)7(20)2-22/h2,6-18,23-29H,1,3-5,19-21H2/t6-,7?,8?,9+,10-,11-,12?,13?,14?,15?,16?,17+,18?/m1/s1. The van der Waals surface area contributed by atoms with Crippen molar-refractivity contribution >= 4 is 6.29 Å². The second kappa shape index (κ2) is 12.7. The summed E-state index contributed by atoms with van der Waals surface area (Å²) < 4.78 is 22.3. The van der Waals surface area contributed by atoms with Crippen LogP contribution in [-0.2, 0) is 23.7 Å². The van der Waals surface area contributed by atoms with Gasteiger partial charge in [0.05, 0.1) is 44.1 Å². The first-order valence-electron chi connectivity index (χ1n) is 10.5.